The summed E-state index contributed by atoms with van der Waals surface area (Å²) in [5.74, 6) is -0.135. The molecule has 13 heavy (non-hydrogen) atoms. The van der Waals surface area contributed by atoms with Gasteiger partial charge in [0, 0.05) is 12.7 Å². The number of nitrogens with one attached hydrogen (secondary N) is 1. The summed E-state index contributed by atoms with van der Waals surface area (Å²) in [4.78, 5) is 10.7. The second kappa shape index (κ2) is 4.61. The maximum absolute atomic E-state index is 10.7. The molecular formula is C8H14N4O. The number of aromatic nitrogens is 2. The molecule has 1 aromatic heterocycles. The van der Waals surface area contributed by atoms with E-state index in [-0.39, 0.29) is 12.5 Å². The van der Waals surface area contributed by atoms with Crippen LogP contribution in [-0.2, 0) is 11.3 Å². The molecule has 0 bridgehead atoms. The lowest BCUT2D eigenvalue weighted by Crippen LogP contribution is -2.32. The molecule has 0 aliphatic heterocycles. The number of nitrogens with two attached hydrogens (primary N) is 1. The first-order chi connectivity index (χ1) is 6.22. The number of carbonyl (C=O) groups excluding carboxylic acids is 1. The van der Waals surface area contributed by atoms with Crippen LogP contribution in [0.4, 0.5) is 0 Å². The lowest BCUT2D eigenvalue weighted by molar-refractivity contribution is -0.119. The van der Waals surface area contributed by atoms with E-state index >= 15 is 0 Å². The van der Waals surface area contributed by atoms with Crippen LogP contribution >= 0.6 is 0 Å². The molecule has 0 saturated heterocycles. The van der Waals surface area contributed by atoms with Gasteiger partial charge in [0.1, 0.15) is 0 Å². The highest BCUT2D eigenvalue weighted by atomic mass is 16.1. The van der Waals surface area contributed by atoms with Gasteiger partial charge in [0.25, 0.3) is 0 Å². The maximum atomic E-state index is 10.7. The third-order valence-electron chi connectivity index (χ3n) is 1.61. The maximum Gasteiger partial charge on any atom is 0.233 e. The SMILES string of the molecule is Cc1cnn(CCNC(=O)CN)c1. The topological polar surface area (TPSA) is 72.9 Å². The summed E-state index contributed by atoms with van der Waals surface area (Å²) in [5, 5.41) is 6.74. The zero-order valence-corrected chi connectivity index (χ0v) is 7.66. The Hall–Kier alpha value is -1.36. The van der Waals surface area contributed by atoms with Gasteiger partial charge in [-0.25, -0.2) is 0 Å². The fourth-order valence-corrected chi connectivity index (χ4v) is 0.971. The van der Waals surface area contributed by atoms with Crippen molar-refractivity contribution in [2.45, 2.75) is 13.5 Å². The Labute approximate surface area is 76.9 Å². The van der Waals surface area contributed by atoms with Crippen LogP contribution in [0.15, 0.2) is 12.4 Å². The zero-order valence-electron chi connectivity index (χ0n) is 7.66. The van der Waals surface area contributed by atoms with Crippen molar-refractivity contribution < 1.29 is 4.79 Å². The molecule has 1 rings (SSSR count). The van der Waals surface area contributed by atoms with Gasteiger partial charge in [0.2, 0.25) is 5.91 Å². The van der Waals surface area contributed by atoms with Crippen LogP contribution in [-0.4, -0.2) is 28.8 Å². The van der Waals surface area contributed by atoms with Crippen molar-refractivity contribution in [3.63, 3.8) is 0 Å². The summed E-state index contributed by atoms with van der Waals surface area (Å²) in [5.41, 5.74) is 6.24. The molecule has 5 heteroatoms. The minimum Gasteiger partial charge on any atom is -0.353 e. The number of hydrogen-bond acceptors (Lipinski definition) is 3. The molecule has 0 saturated carbocycles. The van der Waals surface area contributed by atoms with E-state index in [1.165, 1.54) is 0 Å². The Morgan fingerprint density at radius 1 is 1.77 bits per heavy atom. The van der Waals surface area contributed by atoms with E-state index in [0.29, 0.717) is 13.1 Å². The molecule has 3 N–H and O–H groups in total. The van der Waals surface area contributed by atoms with Gasteiger partial charge in [-0.3, -0.25) is 9.48 Å². The molecule has 0 radical (unpaired) electrons. The highest BCUT2D eigenvalue weighted by Crippen LogP contribution is 1.92. The molecule has 0 aromatic carbocycles. The van der Waals surface area contributed by atoms with Crippen molar-refractivity contribution >= 4 is 5.91 Å². The lowest BCUT2D eigenvalue weighted by Gasteiger charge is -2.02. The van der Waals surface area contributed by atoms with Crippen LogP contribution in [0.3, 0.4) is 0 Å². The first-order valence-corrected chi connectivity index (χ1v) is 4.18. The first-order valence-electron chi connectivity index (χ1n) is 4.18. The molecule has 72 valence electrons. The standard InChI is InChI=1S/C8H14N4O/c1-7-5-11-12(6-7)3-2-10-8(13)4-9/h5-6H,2-4,9H2,1H3,(H,10,13). The van der Waals surface area contributed by atoms with Gasteiger partial charge in [-0.15, -0.1) is 0 Å². The lowest BCUT2D eigenvalue weighted by atomic mass is 10.4. The van der Waals surface area contributed by atoms with Crippen LogP contribution in [0.2, 0.25) is 0 Å². The number of aryl methyl sites for hydroxylation is 1. The van der Waals surface area contributed by atoms with Gasteiger partial charge < -0.3 is 11.1 Å². The number of amides is 1. The van der Waals surface area contributed by atoms with Crippen LogP contribution in [0.1, 0.15) is 5.56 Å². The number of carbonyl (C=O) groups is 1. The van der Waals surface area contributed by atoms with E-state index in [1.807, 2.05) is 13.1 Å². The Balaban J connectivity index is 2.24. The van der Waals surface area contributed by atoms with Crippen molar-refractivity contribution in [3.8, 4) is 0 Å². The molecule has 0 atom stereocenters. The fourth-order valence-electron chi connectivity index (χ4n) is 0.971. The average molecular weight is 182 g/mol. The summed E-state index contributed by atoms with van der Waals surface area (Å²) >= 11 is 0. The number of hydrogen-bond donors (Lipinski definition) is 2. The van der Waals surface area contributed by atoms with Crippen molar-refractivity contribution in [1.82, 2.24) is 15.1 Å². The summed E-state index contributed by atoms with van der Waals surface area (Å²) in [6.07, 6.45) is 3.71. The van der Waals surface area contributed by atoms with E-state index in [0.717, 1.165) is 5.56 Å². The molecule has 1 amide bonds. The Morgan fingerprint density at radius 2 is 2.54 bits per heavy atom. The van der Waals surface area contributed by atoms with Crippen molar-refractivity contribution in [3.05, 3.63) is 18.0 Å². The van der Waals surface area contributed by atoms with Gasteiger partial charge in [0.15, 0.2) is 0 Å². The van der Waals surface area contributed by atoms with Gasteiger partial charge in [0.05, 0.1) is 19.3 Å². The molecule has 0 aliphatic carbocycles. The quantitative estimate of drug-likeness (QED) is 0.644. The van der Waals surface area contributed by atoms with Crippen LogP contribution < -0.4 is 11.1 Å². The number of nitrogens with zero attached hydrogens (tertiary/aromatic N) is 2. The zero-order chi connectivity index (χ0) is 9.68. The van der Waals surface area contributed by atoms with Gasteiger partial charge in [-0.1, -0.05) is 0 Å². The predicted molar refractivity (Wildman–Crippen MR) is 49.0 cm³/mol. The number of rotatable bonds is 4. The Morgan fingerprint density at radius 3 is 3.08 bits per heavy atom. The molecule has 1 heterocycles. The van der Waals surface area contributed by atoms with E-state index in [4.69, 9.17) is 5.73 Å². The van der Waals surface area contributed by atoms with Crippen molar-refractivity contribution in [2.24, 2.45) is 5.73 Å². The van der Waals surface area contributed by atoms with E-state index in [9.17, 15) is 4.79 Å². The highest BCUT2D eigenvalue weighted by molar-refractivity contribution is 5.77. The molecule has 0 spiro atoms. The Kier molecular flexibility index (Phi) is 3.45. The van der Waals surface area contributed by atoms with E-state index in [2.05, 4.69) is 10.4 Å². The second-order valence-corrected chi connectivity index (χ2v) is 2.83. The second-order valence-electron chi connectivity index (χ2n) is 2.83. The smallest absolute Gasteiger partial charge is 0.233 e. The highest BCUT2D eigenvalue weighted by Gasteiger charge is 1.96. The molecule has 0 aliphatic rings. The summed E-state index contributed by atoms with van der Waals surface area (Å²) in [6.45, 7) is 3.26. The molecule has 1 aromatic rings. The van der Waals surface area contributed by atoms with Gasteiger partial charge in [-0.05, 0) is 12.5 Å². The van der Waals surface area contributed by atoms with Crippen LogP contribution in [0.25, 0.3) is 0 Å². The first kappa shape index (κ1) is 9.73. The fraction of sp³-hybridized carbons (Fsp3) is 0.500. The summed E-state index contributed by atoms with van der Waals surface area (Å²) in [6, 6.07) is 0. The van der Waals surface area contributed by atoms with Crippen LogP contribution in [0, 0.1) is 6.92 Å². The third kappa shape index (κ3) is 3.25. The van der Waals surface area contributed by atoms with Gasteiger partial charge >= 0.3 is 0 Å². The van der Waals surface area contributed by atoms with E-state index in [1.54, 1.807) is 10.9 Å². The average Bonchev–Trinajstić information content (AvgIpc) is 2.51. The normalized spacial score (nSPS) is 10.0. The van der Waals surface area contributed by atoms with Gasteiger partial charge in [-0.2, -0.15) is 5.10 Å². The molecular weight excluding hydrogens is 168 g/mol. The monoisotopic (exact) mass is 182 g/mol. The van der Waals surface area contributed by atoms with Crippen LogP contribution in [0.5, 0.6) is 0 Å². The minimum atomic E-state index is -0.135. The third-order valence-corrected chi connectivity index (χ3v) is 1.61. The minimum absolute atomic E-state index is 0.0398. The largest absolute Gasteiger partial charge is 0.353 e. The predicted octanol–water partition coefficient (Wildman–Crippen LogP) is -0.734. The summed E-state index contributed by atoms with van der Waals surface area (Å²) in [7, 11) is 0. The summed E-state index contributed by atoms with van der Waals surface area (Å²) < 4.78 is 1.78. The van der Waals surface area contributed by atoms with Crippen molar-refractivity contribution in [1.29, 1.82) is 0 Å². The molecule has 0 fully saturated rings. The Bertz CT molecular complexity index is 281. The molecule has 5 nitrogen and oxygen atoms in total. The van der Waals surface area contributed by atoms with E-state index < -0.39 is 0 Å². The van der Waals surface area contributed by atoms with Crippen molar-refractivity contribution in [2.75, 3.05) is 13.1 Å². The molecule has 0 unspecified atom stereocenters.